The second-order valence-corrected chi connectivity index (χ2v) is 10.4. The fourth-order valence-electron chi connectivity index (χ4n) is 6.00. The fraction of sp³-hybridized carbons (Fsp3) is 0.520. The van der Waals surface area contributed by atoms with Gasteiger partial charge < -0.3 is 9.47 Å². The molecular weight excluding hydrogens is 507 g/mol. The number of anilines is 1. The summed E-state index contributed by atoms with van der Waals surface area (Å²) in [6.45, 7) is 5.40. The van der Waals surface area contributed by atoms with Crippen molar-refractivity contribution < 1.29 is 22.0 Å². The highest BCUT2D eigenvalue weighted by molar-refractivity contribution is 5.86. The zero-order valence-electron chi connectivity index (χ0n) is 21.1. The van der Waals surface area contributed by atoms with Gasteiger partial charge in [0.1, 0.15) is 23.5 Å². The quantitative estimate of drug-likeness (QED) is 0.346. The van der Waals surface area contributed by atoms with Crippen molar-refractivity contribution in [3.05, 3.63) is 47.3 Å². The van der Waals surface area contributed by atoms with Gasteiger partial charge in [-0.25, -0.2) is 31.3 Å². The first-order valence-corrected chi connectivity index (χ1v) is 12.5. The van der Waals surface area contributed by atoms with Gasteiger partial charge in [-0.2, -0.15) is 4.98 Å². The van der Waals surface area contributed by atoms with E-state index in [1.807, 2.05) is 25.5 Å². The molecule has 0 bridgehead atoms. The Bertz CT molecular complexity index is 1510. The van der Waals surface area contributed by atoms with E-state index >= 15 is 0 Å². The molecule has 2 unspecified atom stereocenters. The summed E-state index contributed by atoms with van der Waals surface area (Å²) in [4.78, 5) is 13.7. The second-order valence-electron chi connectivity index (χ2n) is 10.4. The van der Waals surface area contributed by atoms with E-state index in [1.54, 1.807) is 10.7 Å². The van der Waals surface area contributed by atoms with E-state index in [2.05, 4.69) is 20.0 Å². The topological polar surface area (TPSA) is 67.4 Å². The van der Waals surface area contributed by atoms with Crippen LogP contribution in [-0.4, -0.2) is 65.6 Å². The van der Waals surface area contributed by atoms with Crippen molar-refractivity contribution >= 4 is 22.8 Å². The predicted molar refractivity (Wildman–Crippen MR) is 130 cm³/mol. The third kappa shape index (κ3) is 3.98. The summed E-state index contributed by atoms with van der Waals surface area (Å²) in [5.41, 5.74) is 1.27. The fourth-order valence-corrected chi connectivity index (χ4v) is 6.00. The van der Waals surface area contributed by atoms with Gasteiger partial charge in [-0.3, -0.25) is 4.90 Å². The van der Waals surface area contributed by atoms with Gasteiger partial charge in [0, 0.05) is 51.6 Å². The lowest BCUT2D eigenvalue weighted by Gasteiger charge is -2.49. The molecule has 0 spiro atoms. The second kappa shape index (κ2) is 8.85. The third-order valence-corrected chi connectivity index (χ3v) is 7.96. The maximum Gasteiger partial charge on any atom is 0.266 e. The molecule has 38 heavy (non-hydrogen) atoms. The van der Waals surface area contributed by atoms with E-state index in [4.69, 9.17) is 9.97 Å². The molecule has 13 heteroatoms. The standard InChI is InChI=1S/C25H27F5N8/c1-13-11-36(20(16-9-25(29,30)10-16)15-4-5-17(21(27)28)18(26)8-15)6-7-37(13)22-19-23(35(3)14(2)32-19)38-12-31-34-24(38)33-22/h4-5,8,12-13,16,20-21H,6-7,9-11H2,1-3H3. The Kier molecular flexibility index (Phi) is 5.82. The Labute approximate surface area is 215 Å². The zero-order chi connectivity index (χ0) is 26.9. The predicted octanol–water partition coefficient (Wildman–Crippen LogP) is 4.69. The van der Waals surface area contributed by atoms with Crippen molar-refractivity contribution in [1.29, 1.82) is 0 Å². The molecule has 0 radical (unpaired) electrons. The average Bonchev–Trinajstić information content (AvgIpc) is 3.41. The summed E-state index contributed by atoms with van der Waals surface area (Å²) >= 11 is 0. The SMILES string of the molecule is Cc1nc2c(N3CCN(C(c4ccc(C(F)F)c(F)c4)C4CC(F)(F)C4)CC3C)nc3nncn3c2n1C. The van der Waals surface area contributed by atoms with E-state index in [9.17, 15) is 22.0 Å². The van der Waals surface area contributed by atoms with Gasteiger partial charge in [-0.05, 0) is 31.4 Å². The Morgan fingerprint density at radius 3 is 2.53 bits per heavy atom. The smallest absolute Gasteiger partial charge is 0.266 e. The molecule has 202 valence electrons. The molecule has 1 saturated heterocycles. The normalized spacial score (nSPS) is 21.5. The first kappa shape index (κ1) is 25.0. The highest BCUT2D eigenvalue weighted by Gasteiger charge is 2.51. The summed E-state index contributed by atoms with van der Waals surface area (Å²) in [5.74, 6) is -2.28. The van der Waals surface area contributed by atoms with Gasteiger partial charge in [0.05, 0.1) is 5.56 Å². The van der Waals surface area contributed by atoms with Crippen LogP contribution in [0.5, 0.6) is 0 Å². The summed E-state index contributed by atoms with van der Waals surface area (Å²) in [5, 5.41) is 8.12. The monoisotopic (exact) mass is 534 g/mol. The van der Waals surface area contributed by atoms with E-state index < -0.39 is 35.7 Å². The van der Waals surface area contributed by atoms with Crippen LogP contribution in [0.4, 0.5) is 27.8 Å². The Balaban J connectivity index is 1.32. The number of hydrogen-bond acceptors (Lipinski definition) is 6. The number of aromatic nitrogens is 6. The molecule has 4 heterocycles. The number of hydrogen-bond donors (Lipinski definition) is 0. The van der Waals surface area contributed by atoms with Crippen molar-refractivity contribution in [2.45, 2.75) is 51.1 Å². The maximum absolute atomic E-state index is 14.5. The van der Waals surface area contributed by atoms with Crippen LogP contribution < -0.4 is 4.90 Å². The molecule has 1 aromatic carbocycles. The van der Waals surface area contributed by atoms with Crippen LogP contribution in [0.3, 0.4) is 0 Å². The van der Waals surface area contributed by atoms with Crippen LogP contribution in [-0.2, 0) is 7.05 Å². The van der Waals surface area contributed by atoms with Crippen LogP contribution in [0.2, 0.25) is 0 Å². The van der Waals surface area contributed by atoms with Gasteiger partial charge in [0.2, 0.25) is 5.92 Å². The molecule has 2 atom stereocenters. The zero-order valence-corrected chi connectivity index (χ0v) is 21.1. The van der Waals surface area contributed by atoms with Gasteiger partial charge in [0.15, 0.2) is 11.5 Å². The minimum atomic E-state index is -2.94. The molecule has 1 aliphatic heterocycles. The van der Waals surface area contributed by atoms with Crippen LogP contribution in [0.15, 0.2) is 24.5 Å². The molecule has 1 saturated carbocycles. The Hall–Kier alpha value is -3.35. The van der Waals surface area contributed by atoms with E-state index in [-0.39, 0.29) is 18.9 Å². The largest absolute Gasteiger partial charge is 0.349 e. The number of imidazole rings is 1. The van der Waals surface area contributed by atoms with Crippen molar-refractivity contribution in [3.8, 4) is 0 Å². The molecule has 0 N–H and O–H groups in total. The number of alkyl halides is 4. The number of piperazine rings is 1. The van der Waals surface area contributed by atoms with Gasteiger partial charge in [0.25, 0.3) is 12.2 Å². The maximum atomic E-state index is 14.5. The van der Waals surface area contributed by atoms with Gasteiger partial charge in [-0.15, -0.1) is 10.2 Å². The summed E-state index contributed by atoms with van der Waals surface area (Å²) in [6, 6.07) is 2.99. The first-order chi connectivity index (χ1) is 18.0. The van der Waals surface area contributed by atoms with E-state index in [1.165, 1.54) is 6.07 Å². The number of rotatable bonds is 5. The molecule has 6 rings (SSSR count). The van der Waals surface area contributed by atoms with Crippen molar-refractivity contribution in [2.75, 3.05) is 24.5 Å². The van der Waals surface area contributed by atoms with Crippen LogP contribution in [0.1, 0.15) is 49.2 Å². The molecule has 1 aliphatic carbocycles. The number of benzene rings is 1. The van der Waals surface area contributed by atoms with E-state index in [0.29, 0.717) is 42.3 Å². The van der Waals surface area contributed by atoms with Crippen molar-refractivity contribution in [1.82, 2.24) is 34.0 Å². The Morgan fingerprint density at radius 1 is 1.11 bits per heavy atom. The summed E-state index contributed by atoms with van der Waals surface area (Å²) in [7, 11) is 1.91. The molecule has 0 amide bonds. The third-order valence-electron chi connectivity index (χ3n) is 7.96. The van der Waals surface area contributed by atoms with Gasteiger partial charge >= 0.3 is 0 Å². The average molecular weight is 535 g/mol. The van der Waals surface area contributed by atoms with Gasteiger partial charge in [-0.1, -0.05) is 12.1 Å². The molecule has 3 aromatic heterocycles. The van der Waals surface area contributed by atoms with Crippen molar-refractivity contribution in [3.63, 3.8) is 0 Å². The lowest BCUT2D eigenvalue weighted by Crippen LogP contribution is -2.56. The molecule has 2 fully saturated rings. The summed E-state index contributed by atoms with van der Waals surface area (Å²) in [6.07, 6.45) is -1.98. The van der Waals surface area contributed by atoms with Crippen molar-refractivity contribution in [2.24, 2.45) is 13.0 Å². The molecule has 8 nitrogen and oxygen atoms in total. The molecule has 2 aliphatic rings. The highest BCUT2D eigenvalue weighted by Crippen LogP contribution is 2.51. The highest BCUT2D eigenvalue weighted by atomic mass is 19.3. The number of nitrogens with zero attached hydrogens (tertiary/aromatic N) is 8. The van der Waals surface area contributed by atoms with Crippen LogP contribution in [0.25, 0.3) is 16.9 Å². The number of fused-ring (bicyclic) bond motifs is 3. The number of halogens is 5. The van der Waals surface area contributed by atoms with E-state index in [0.717, 1.165) is 23.6 Å². The lowest BCUT2D eigenvalue weighted by molar-refractivity contribution is -0.133. The minimum absolute atomic E-state index is 0.0968. The summed E-state index contributed by atoms with van der Waals surface area (Å²) < 4.78 is 72.3. The number of aryl methyl sites for hydroxylation is 2. The molecule has 4 aromatic rings. The lowest BCUT2D eigenvalue weighted by atomic mass is 9.73. The van der Waals surface area contributed by atoms with Crippen LogP contribution >= 0.6 is 0 Å². The van der Waals surface area contributed by atoms with Crippen LogP contribution in [0, 0.1) is 18.7 Å². The minimum Gasteiger partial charge on any atom is -0.349 e. The molecular formula is C25H27F5N8. The first-order valence-electron chi connectivity index (χ1n) is 12.5. The Morgan fingerprint density at radius 2 is 1.87 bits per heavy atom.